The fourth-order valence-corrected chi connectivity index (χ4v) is 5.99. The van der Waals surface area contributed by atoms with Gasteiger partial charge in [0.1, 0.15) is 5.69 Å². The summed E-state index contributed by atoms with van der Waals surface area (Å²) in [5.41, 5.74) is 3.52. The lowest BCUT2D eigenvalue weighted by Crippen LogP contribution is -2.56. The Balaban J connectivity index is 1.47. The van der Waals surface area contributed by atoms with Gasteiger partial charge >= 0.3 is 0 Å². The molecule has 4 aliphatic heterocycles. The van der Waals surface area contributed by atoms with Crippen molar-refractivity contribution < 1.29 is 23.0 Å². The van der Waals surface area contributed by atoms with Crippen LogP contribution in [0.3, 0.4) is 0 Å². The number of hydrogen-bond acceptors (Lipinski definition) is 10. The molecule has 0 saturated carbocycles. The number of aliphatic hydroxyl groups is 1. The van der Waals surface area contributed by atoms with Crippen molar-refractivity contribution in [3.05, 3.63) is 28.9 Å². The molecule has 0 aromatic carbocycles. The smallest absolute Gasteiger partial charge is 0.238 e. The normalized spacial score (nSPS) is 24.8. The predicted octanol–water partition coefficient (Wildman–Crippen LogP) is 0.804. The maximum Gasteiger partial charge on any atom is 0.238 e. The lowest BCUT2D eigenvalue weighted by molar-refractivity contribution is -0.0588. The van der Waals surface area contributed by atoms with E-state index in [1.807, 2.05) is 13.8 Å². The number of fused-ring (bicyclic) bond motifs is 1. The van der Waals surface area contributed by atoms with Gasteiger partial charge in [-0.2, -0.15) is 0 Å². The summed E-state index contributed by atoms with van der Waals surface area (Å²) in [4.78, 5) is 19.0. The second kappa shape index (κ2) is 10.3. The molecular formula is C25H36BN6O5S. The van der Waals surface area contributed by atoms with Gasteiger partial charge in [-0.05, 0) is 25.5 Å². The van der Waals surface area contributed by atoms with Crippen molar-refractivity contribution in [1.29, 1.82) is 0 Å². The largest absolute Gasteiger partial charge is 0.480 e. The van der Waals surface area contributed by atoms with Crippen molar-refractivity contribution in [2.45, 2.75) is 38.2 Å². The summed E-state index contributed by atoms with van der Waals surface area (Å²) in [6.07, 6.45) is 2.77. The molecule has 4 aliphatic rings. The molecule has 2 saturated heterocycles. The molecule has 5 rings (SSSR count). The van der Waals surface area contributed by atoms with Gasteiger partial charge in [0.25, 0.3) is 0 Å². The van der Waals surface area contributed by atoms with Gasteiger partial charge in [0.15, 0.2) is 7.28 Å². The van der Waals surface area contributed by atoms with E-state index in [-0.39, 0.29) is 29.3 Å². The number of likely N-dealkylation sites (tertiary alicyclic amines) is 1. The highest BCUT2D eigenvalue weighted by molar-refractivity contribution is 7.92. The molecule has 11 nitrogen and oxygen atoms in total. The first-order chi connectivity index (χ1) is 17.9. The molecule has 0 amide bonds. The highest BCUT2D eigenvalue weighted by atomic mass is 32.2. The van der Waals surface area contributed by atoms with Crippen LogP contribution < -0.4 is 9.46 Å². The Bertz CT molecular complexity index is 1280. The summed E-state index contributed by atoms with van der Waals surface area (Å²) >= 11 is 0. The zero-order chi connectivity index (χ0) is 27.2. The zero-order valence-corrected chi connectivity index (χ0v) is 23.5. The molecule has 2 atom stereocenters. The first-order valence-electron chi connectivity index (χ1n) is 12.9. The van der Waals surface area contributed by atoms with Crippen LogP contribution in [0.5, 0.6) is 5.88 Å². The maximum atomic E-state index is 12.0. The maximum absolute atomic E-state index is 12.0. The predicted molar refractivity (Wildman–Crippen MR) is 148 cm³/mol. The van der Waals surface area contributed by atoms with Crippen molar-refractivity contribution in [3.63, 3.8) is 0 Å². The van der Waals surface area contributed by atoms with Gasteiger partial charge in [-0.15, -0.1) is 5.47 Å². The molecular weight excluding hydrogens is 507 g/mol. The Morgan fingerprint density at radius 1 is 1.29 bits per heavy atom. The number of aromatic nitrogens is 1. The van der Waals surface area contributed by atoms with E-state index >= 15 is 0 Å². The second-order valence-corrected chi connectivity index (χ2v) is 12.8. The number of rotatable bonds is 7. The summed E-state index contributed by atoms with van der Waals surface area (Å²) in [6, 6.07) is 1.62. The number of allylic oxidation sites excluding steroid dienone is 1. The summed E-state index contributed by atoms with van der Waals surface area (Å²) in [6.45, 7) is 11.0. The van der Waals surface area contributed by atoms with E-state index in [1.165, 1.54) is 18.2 Å². The number of nitrogens with zero attached hydrogens (tertiary/aromatic N) is 5. The van der Waals surface area contributed by atoms with E-state index < -0.39 is 15.6 Å². The number of methoxy groups -OCH3 is 1. The summed E-state index contributed by atoms with van der Waals surface area (Å²) in [5, 5.41) is 10.4. The lowest BCUT2D eigenvalue weighted by Gasteiger charge is -2.46. The first-order valence-corrected chi connectivity index (χ1v) is 14.8. The third-order valence-corrected chi connectivity index (χ3v) is 8.29. The van der Waals surface area contributed by atoms with Crippen LogP contribution in [0.15, 0.2) is 33.3 Å². The van der Waals surface area contributed by atoms with E-state index in [0.29, 0.717) is 37.8 Å². The first kappa shape index (κ1) is 27.1. The van der Waals surface area contributed by atoms with Crippen LogP contribution in [-0.4, -0.2) is 118 Å². The molecule has 0 bridgehead atoms. The SMILES string of the molecule is COc1ncc(C2=NC(N3CCOCC3)=NC3C(CN4CC(C(C)(C)O)C4)=C(C)[B]C23)cc1NS(C)(=O)=O. The van der Waals surface area contributed by atoms with Crippen molar-refractivity contribution in [1.82, 2.24) is 14.8 Å². The molecule has 2 fully saturated rings. The number of anilines is 1. The van der Waals surface area contributed by atoms with Crippen LogP contribution in [0.25, 0.3) is 0 Å². The van der Waals surface area contributed by atoms with Crippen molar-refractivity contribution in [3.8, 4) is 5.88 Å². The van der Waals surface area contributed by atoms with Crippen LogP contribution in [0.4, 0.5) is 5.69 Å². The standard InChI is InChI=1S/C25H36BN6O5S/c1-15-18(14-31-12-17(13-31)25(2,3)33)22-20(26-15)21(28-24(29-22)32-6-8-37-9-7-32)16-10-19(30-38(5,34)35)23(36-4)27-11-16/h10-11,17,20,22,30,33H,6-9,12-14H2,1-5H3. The number of pyridine rings is 1. The number of sulfonamides is 1. The average Bonchev–Trinajstić information content (AvgIpc) is 3.14. The molecule has 0 spiro atoms. The molecule has 0 aliphatic carbocycles. The molecule has 1 aromatic heterocycles. The second-order valence-electron chi connectivity index (χ2n) is 11.1. The van der Waals surface area contributed by atoms with E-state index in [1.54, 1.807) is 12.3 Å². The Morgan fingerprint density at radius 2 is 2.00 bits per heavy atom. The lowest BCUT2D eigenvalue weighted by atomic mass is 9.59. The highest BCUT2D eigenvalue weighted by Crippen LogP contribution is 2.40. The summed E-state index contributed by atoms with van der Waals surface area (Å²) < 4.78 is 37.4. The number of ether oxygens (including phenoxy) is 2. The zero-order valence-electron chi connectivity index (χ0n) is 22.6. The van der Waals surface area contributed by atoms with Crippen molar-refractivity contribution in [2.24, 2.45) is 15.9 Å². The van der Waals surface area contributed by atoms with Crippen molar-refractivity contribution in [2.75, 3.05) is 64.0 Å². The Hall–Kier alpha value is -2.48. The van der Waals surface area contributed by atoms with Crippen LogP contribution in [0.2, 0.25) is 5.82 Å². The molecule has 1 radical (unpaired) electrons. The van der Waals surface area contributed by atoms with Gasteiger partial charge in [-0.1, -0.05) is 6.92 Å². The summed E-state index contributed by atoms with van der Waals surface area (Å²) in [5.74, 6) is 1.02. The van der Waals surface area contributed by atoms with Gasteiger partial charge in [0, 0.05) is 56.2 Å². The van der Waals surface area contributed by atoms with Gasteiger partial charge in [0.2, 0.25) is 21.9 Å². The fraction of sp³-hybridized carbons (Fsp3) is 0.640. The van der Waals surface area contributed by atoms with Gasteiger partial charge in [-0.25, -0.2) is 23.4 Å². The topological polar surface area (TPSA) is 129 Å². The molecule has 13 heteroatoms. The Labute approximate surface area is 225 Å². The third kappa shape index (κ3) is 5.61. The van der Waals surface area contributed by atoms with E-state index in [4.69, 9.17) is 19.5 Å². The molecule has 5 heterocycles. The Morgan fingerprint density at radius 3 is 2.63 bits per heavy atom. The molecule has 2 N–H and O–H groups in total. The minimum atomic E-state index is -3.54. The number of aliphatic imine (C=N–C) groups is 2. The number of morpholine rings is 1. The number of guanidine groups is 1. The van der Waals surface area contributed by atoms with Crippen LogP contribution in [-0.2, 0) is 14.8 Å². The van der Waals surface area contributed by atoms with E-state index in [2.05, 4.69) is 33.7 Å². The van der Waals surface area contributed by atoms with Gasteiger partial charge in [-0.3, -0.25) is 9.62 Å². The van der Waals surface area contributed by atoms with Gasteiger partial charge < -0.3 is 19.5 Å². The Kier molecular flexibility index (Phi) is 7.31. The molecule has 205 valence electrons. The molecule has 2 unspecified atom stereocenters. The molecule has 1 aromatic rings. The van der Waals surface area contributed by atoms with Crippen LogP contribution in [0.1, 0.15) is 26.3 Å². The van der Waals surface area contributed by atoms with E-state index in [9.17, 15) is 13.5 Å². The summed E-state index contributed by atoms with van der Waals surface area (Å²) in [7, 11) is 0.121. The fourth-order valence-electron chi connectivity index (χ4n) is 5.45. The highest BCUT2D eigenvalue weighted by Gasteiger charge is 2.44. The van der Waals surface area contributed by atoms with Gasteiger partial charge in [0.05, 0.1) is 43.9 Å². The average molecular weight is 543 g/mol. The van der Waals surface area contributed by atoms with Crippen LogP contribution >= 0.6 is 0 Å². The number of hydrogen-bond donors (Lipinski definition) is 2. The quantitative estimate of drug-likeness (QED) is 0.484. The van der Waals surface area contributed by atoms with E-state index in [0.717, 1.165) is 31.6 Å². The number of nitrogens with one attached hydrogen (secondary N) is 1. The minimum Gasteiger partial charge on any atom is -0.480 e. The minimum absolute atomic E-state index is 0.0950. The van der Waals surface area contributed by atoms with Crippen LogP contribution in [0, 0.1) is 5.92 Å². The molecule has 38 heavy (non-hydrogen) atoms. The third-order valence-electron chi connectivity index (χ3n) is 7.70. The monoisotopic (exact) mass is 543 g/mol. The van der Waals surface area contributed by atoms with Crippen molar-refractivity contribution >= 4 is 34.7 Å².